The van der Waals surface area contributed by atoms with Crippen LogP contribution in [0.5, 0.6) is 0 Å². The number of hydrogen-bond donors (Lipinski definition) is 2. The summed E-state index contributed by atoms with van der Waals surface area (Å²) in [6.45, 7) is 4.56. The van der Waals surface area contributed by atoms with Gasteiger partial charge in [0, 0.05) is 19.1 Å². The molecular weight excluding hydrogens is 262 g/mol. The zero-order chi connectivity index (χ0) is 14.9. The lowest BCUT2D eigenvalue weighted by molar-refractivity contribution is -0.385. The van der Waals surface area contributed by atoms with Gasteiger partial charge in [-0.3, -0.25) is 20.0 Å². The van der Waals surface area contributed by atoms with Crippen LogP contribution in [0.25, 0.3) is 0 Å². The first kappa shape index (κ1) is 14.4. The zero-order valence-electron chi connectivity index (χ0n) is 11.6. The summed E-state index contributed by atoms with van der Waals surface area (Å²) in [5, 5.41) is 17.4. The van der Waals surface area contributed by atoms with Crippen molar-refractivity contribution >= 4 is 11.6 Å². The van der Waals surface area contributed by atoms with E-state index in [0.29, 0.717) is 19.0 Å². The lowest BCUT2D eigenvalue weighted by Crippen LogP contribution is -2.49. The Bertz CT molecular complexity index is 527. The van der Waals surface area contributed by atoms with E-state index in [1.54, 1.807) is 4.90 Å². The Labute approximate surface area is 116 Å². The molecule has 1 amide bonds. The Hall–Kier alpha value is -1.96. The molecule has 1 aromatic heterocycles. The molecule has 0 bridgehead atoms. The lowest BCUT2D eigenvalue weighted by Gasteiger charge is -2.37. The van der Waals surface area contributed by atoms with Crippen molar-refractivity contribution in [2.45, 2.75) is 32.7 Å². The van der Waals surface area contributed by atoms with Crippen molar-refractivity contribution < 1.29 is 9.72 Å². The molecule has 8 nitrogen and oxygen atoms in total. The third-order valence-electron chi connectivity index (χ3n) is 3.81. The van der Waals surface area contributed by atoms with Crippen molar-refractivity contribution in [1.29, 1.82) is 0 Å². The molecule has 3 N–H and O–H groups in total. The number of carbonyl (C=O) groups is 1. The third kappa shape index (κ3) is 2.51. The quantitative estimate of drug-likeness (QED) is 0.628. The SMILES string of the molecule is Cc1[nH]nc(C(=O)N2CCC(C)CC2CN)c1[N+](=O)[O-]. The molecular formula is C12H19N5O3. The number of nitrogens with one attached hydrogen (secondary N) is 1. The second-order valence-corrected chi connectivity index (χ2v) is 5.32. The van der Waals surface area contributed by atoms with E-state index in [0.717, 1.165) is 12.8 Å². The summed E-state index contributed by atoms with van der Waals surface area (Å²) in [5.41, 5.74) is 5.63. The van der Waals surface area contributed by atoms with Crippen LogP contribution < -0.4 is 5.73 Å². The van der Waals surface area contributed by atoms with Gasteiger partial charge in [0.05, 0.1) is 4.92 Å². The Balaban J connectivity index is 2.29. The number of aryl methyl sites for hydroxylation is 1. The van der Waals surface area contributed by atoms with Gasteiger partial charge in [-0.05, 0) is 25.7 Å². The second-order valence-electron chi connectivity index (χ2n) is 5.32. The first-order valence-electron chi connectivity index (χ1n) is 6.66. The van der Waals surface area contributed by atoms with Crippen molar-refractivity contribution in [3.8, 4) is 0 Å². The summed E-state index contributed by atoms with van der Waals surface area (Å²) in [7, 11) is 0. The molecule has 1 saturated heterocycles. The number of aromatic nitrogens is 2. The Morgan fingerprint density at radius 3 is 2.95 bits per heavy atom. The molecule has 110 valence electrons. The first-order valence-corrected chi connectivity index (χ1v) is 6.66. The van der Waals surface area contributed by atoms with Gasteiger partial charge in [-0.2, -0.15) is 5.10 Å². The number of likely N-dealkylation sites (tertiary alicyclic amines) is 1. The van der Waals surface area contributed by atoms with Gasteiger partial charge in [0.2, 0.25) is 5.69 Å². The molecule has 1 aliphatic rings. The number of H-pyrrole nitrogens is 1. The largest absolute Gasteiger partial charge is 0.333 e. The predicted molar refractivity (Wildman–Crippen MR) is 72.3 cm³/mol. The standard InChI is InChI=1S/C12H19N5O3/c1-7-3-4-16(9(5-7)6-13)12(18)10-11(17(19)20)8(2)14-15-10/h7,9H,3-6,13H2,1-2H3,(H,14,15). The molecule has 2 rings (SSSR count). The number of rotatable bonds is 3. The predicted octanol–water partition coefficient (Wildman–Crippen LogP) is 0.826. The minimum Gasteiger partial charge on any atom is -0.333 e. The third-order valence-corrected chi connectivity index (χ3v) is 3.81. The first-order chi connectivity index (χ1) is 9.45. The van der Waals surface area contributed by atoms with E-state index in [1.165, 1.54) is 6.92 Å². The molecule has 0 aromatic carbocycles. The highest BCUT2D eigenvalue weighted by atomic mass is 16.6. The monoisotopic (exact) mass is 281 g/mol. The maximum atomic E-state index is 12.5. The summed E-state index contributed by atoms with van der Waals surface area (Å²) < 4.78 is 0. The average Bonchev–Trinajstić information content (AvgIpc) is 2.79. The lowest BCUT2D eigenvalue weighted by atomic mass is 9.92. The smallest absolute Gasteiger partial charge is 0.322 e. The van der Waals surface area contributed by atoms with E-state index in [4.69, 9.17) is 5.73 Å². The van der Waals surface area contributed by atoms with Crippen LogP contribution in [0, 0.1) is 23.0 Å². The Kier molecular flexibility index (Phi) is 4.03. The molecule has 2 atom stereocenters. The number of hydrogen-bond acceptors (Lipinski definition) is 5. The van der Waals surface area contributed by atoms with Gasteiger partial charge in [-0.1, -0.05) is 6.92 Å². The molecule has 0 saturated carbocycles. The number of nitrogens with two attached hydrogens (primary N) is 1. The van der Waals surface area contributed by atoms with Gasteiger partial charge in [-0.25, -0.2) is 0 Å². The topological polar surface area (TPSA) is 118 Å². The molecule has 20 heavy (non-hydrogen) atoms. The number of carbonyl (C=O) groups excluding carboxylic acids is 1. The Morgan fingerprint density at radius 2 is 2.35 bits per heavy atom. The fourth-order valence-corrected chi connectivity index (χ4v) is 2.67. The van der Waals surface area contributed by atoms with Crippen molar-refractivity contribution in [2.24, 2.45) is 11.7 Å². The van der Waals surface area contributed by atoms with Crippen molar-refractivity contribution in [2.75, 3.05) is 13.1 Å². The van der Waals surface area contributed by atoms with Crippen LogP contribution in [0.4, 0.5) is 5.69 Å². The van der Waals surface area contributed by atoms with Crippen molar-refractivity contribution in [1.82, 2.24) is 15.1 Å². The highest BCUT2D eigenvalue weighted by Gasteiger charge is 2.35. The van der Waals surface area contributed by atoms with Gasteiger partial charge >= 0.3 is 5.69 Å². The molecule has 1 aromatic rings. The maximum absolute atomic E-state index is 12.5. The van der Waals surface area contributed by atoms with Crippen LogP contribution in [0.1, 0.15) is 35.9 Å². The number of nitro groups is 1. The molecule has 0 radical (unpaired) electrons. The number of aromatic amines is 1. The second kappa shape index (κ2) is 5.58. The number of piperidine rings is 1. The summed E-state index contributed by atoms with van der Waals surface area (Å²) >= 11 is 0. The van der Waals surface area contributed by atoms with Crippen LogP contribution in [0.3, 0.4) is 0 Å². The van der Waals surface area contributed by atoms with E-state index in [-0.39, 0.29) is 23.1 Å². The summed E-state index contributed by atoms with van der Waals surface area (Å²) in [4.78, 5) is 24.6. The summed E-state index contributed by atoms with van der Waals surface area (Å²) in [6, 6.07) is -0.0807. The van der Waals surface area contributed by atoms with E-state index in [2.05, 4.69) is 17.1 Å². The van der Waals surface area contributed by atoms with Crippen molar-refractivity contribution in [3.05, 3.63) is 21.5 Å². The van der Waals surface area contributed by atoms with Crippen LogP contribution >= 0.6 is 0 Å². The highest BCUT2D eigenvalue weighted by Crippen LogP contribution is 2.27. The van der Waals surface area contributed by atoms with Gasteiger partial charge in [0.15, 0.2) is 0 Å². The fraction of sp³-hybridized carbons (Fsp3) is 0.667. The molecule has 2 unspecified atom stereocenters. The van der Waals surface area contributed by atoms with E-state index < -0.39 is 10.8 Å². The van der Waals surface area contributed by atoms with Gasteiger partial charge < -0.3 is 10.6 Å². The van der Waals surface area contributed by atoms with Crippen LogP contribution in [-0.2, 0) is 0 Å². The number of nitrogens with zero attached hydrogens (tertiary/aromatic N) is 3. The molecule has 8 heteroatoms. The van der Waals surface area contributed by atoms with Crippen LogP contribution in [0.2, 0.25) is 0 Å². The van der Waals surface area contributed by atoms with Gasteiger partial charge in [-0.15, -0.1) is 0 Å². The molecule has 2 heterocycles. The van der Waals surface area contributed by atoms with E-state index >= 15 is 0 Å². The molecule has 1 fully saturated rings. The molecule has 0 aliphatic carbocycles. The minimum absolute atomic E-state index is 0.0807. The molecule has 1 aliphatic heterocycles. The van der Waals surface area contributed by atoms with Gasteiger partial charge in [0.1, 0.15) is 5.69 Å². The molecule has 0 spiro atoms. The highest BCUT2D eigenvalue weighted by molar-refractivity contribution is 5.96. The van der Waals surface area contributed by atoms with E-state index in [9.17, 15) is 14.9 Å². The zero-order valence-corrected chi connectivity index (χ0v) is 11.6. The normalized spacial score (nSPS) is 22.9. The summed E-state index contributed by atoms with van der Waals surface area (Å²) in [5.74, 6) is 0.0897. The summed E-state index contributed by atoms with van der Waals surface area (Å²) in [6.07, 6.45) is 1.69. The van der Waals surface area contributed by atoms with Crippen LogP contribution in [0.15, 0.2) is 0 Å². The Morgan fingerprint density at radius 1 is 1.65 bits per heavy atom. The van der Waals surface area contributed by atoms with Crippen molar-refractivity contribution in [3.63, 3.8) is 0 Å². The average molecular weight is 281 g/mol. The minimum atomic E-state index is -0.573. The van der Waals surface area contributed by atoms with E-state index in [1.807, 2.05) is 0 Å². The maximum Gasteiger partial charge on any atom is 0.322 e. The number of amides is 1. The van der Waals surface area contributed by atoms with Crippen LogP contribution in [-0.4, -0.2) is 45.1 Å². The fourth-order valence-electron chi connectivity index (χ4n) is 2.67. The van der Waals surface area contributed by atoms with Gasteiger partial charge in [0.25, 0.3) is 5.91 Å².